The van der Waals surface area contributed by atoms with Gasteiger partial charge in [-0.1, -0.05) is 18.2 Å². The highest BCUT2D eigenvalue weighted by Gasteiger charge is 2.39. The van der Waals surface area contributed by atoms with Gasteiger partial charge in [0.05, 0.1) is 17.1 Å². The molecule has 0 aromatic heterocycles. The fraction of sp³-hybridized carbons (Fsp3) is 0.368. The Morgan fingerprint density at radius 1 is 1.00 bits per heavy atom. The van der Waals surface area contributed by atoms with Crippen molar-refractivity contribution >= 4 is 11.9 Å². The topological polar surface area (TPSA) is 117 Å². The monoisotopic (exact) mass is 377 g/mol. The molecule has 0 bridgehead atoms. The quantitative estimate of drug-likeness (QED) is 0.609. The molecule has 1 aliphatic rings. The number of nitrogens with one attached hydrogen (secondary N) is 1. The van der Waals surface area contributed by atoms with E-state index < -0.39 is 23.7 Å². The minimum Gasteiger partial charge on any atom is -0.461 e. The van der Waals surface area contributed by atoms with Crippen LogP contribution >= 0.6 is 0 Å². The van der Waals surface area contributed by atoms with Crippen molar-refractivity contribution in [1.82, 2.24) is 5.32 Å². The number of dihydropyridines is 1. The average molecular weight is 377 g/mol. The van der Waals surface area contributed by atoms with Gasteiger partial charge in [0.25, 0.3) is 0 Å². The van der Waals surface area contributed by atoms with E-state index in [4.69, 9.17) is 20.9 Å². The van der Waals surface area contributed by atoms with Gasteiger partial charge in [-0.2, -0.15) is 0 Å². The van der Waals surface area contributed by atoms with Crippen LogP contribution in [0.2, 0.25) is 0 Å². The molecule has 0 atom stereocenters. The number of hydrogen-bond donors (Lipinski definition) is 3. The van der Waals surface area contributed by atoms with E-state index >= 15 is 0 Å². The number of halogens is 1. The predicted octanol–water partition coefficient (Wildman–Crippen LogP) is 1.06. The Morgan fingerprint density at radius 2 is 1.48 bits per heavy atom. The molecule has 7 nitrogen and oxygen atoms in total. The van der Waals surface area contributed by atoms with Crippen LogP contribution in [0.25, 0.3) is 0 Å². The van der Waals surface area contributed by atoms with Gasteiger partial charge in [-0.05, 0) is 19.9 Å². The molecule has 0 saturated heterocycles. The Bertz CT molecular complexity index is 747. The molecule has 0 fully saturated rings. The average Bonchev–Trinajstić information content (AvgIpc) is 2.64. The van der Waals surface area contributed by atoms with Crippen LogP contribution in [-0.4, -0.2) is 38.2 Å². The van der Waals surface area contributed by atoms with Crippen LogP contribution < -0.4 is 16.8 Å². The van der Waals surface area contributed by atoms with Gasteiger partial charge in [0.15, 0.2) is 0 Å². The Balaban J connectivity index is 2.58. The SMILES string of the molecule is CC1=C(C(=O)OCCN)C(c2ccccc2F)C(C(=O)OCCN)=C(C)N1. The minimum atomic E-state index is -0.969. The Kier molecular flexibility index (Phi) is 7.09. The molecule has 1 aromatic carbocycles. The maximum Gasteiger partial charge on any atom is 0.336 e. The van der Waals surface area contributed by atoms with Gasteiger partial charge in [0, 0.05) is 30.0 Å². The second-order valence-electron chi connectivity index (χ2n) is 6.01. The molecule has 0 amide bonds. The third-order valence-electron chi connectivity index (χ3n) is 4.12. The molecule has 5 N–H and O–H groups in total. The first kappa shape index (κ1) is 20.6. The number of nitrogens with two attached hydrogens (primary N) is 2. The van der Waals surface area contributed by atoms with Crippen molar-refractivity contribution in [2.75, 3.05) is 26.3 Å². The molecule has 1 aromatic rings. The van der Waals surface area contributed by atoms with Crippen LogP contribution in [0.4, 0.5) is 4.39 Å². The number of rotatable bonds is 7. The van der Waals surface area contributed by atoms with E-state index in [9.17, 15) is 14.0 Å². The van der Waals surface area contributed by atoms with E-state index in [1.54, 1.807) is 19.9 Å². The summed E-state index contributed by atoms with van der Waals surface area (Å²) in [5.41, 5.74) is 12.2. The third kappa shape index (κ3) is 4.53. The van der Waals surface area contributed by atoms with Crippen molar-refractivity contribution in [1.29, 1.82) is 0 Å². The summed E-state index contributed by atoms with van der Waals surface area (Å²) in [5.74, 6) is -2.85. The van der Waals surface area contributed by atoms with Crippen LogP contribution in [0.5, 0.6) is 0 Å². The lowest BCUT2D eigenvalue weighted by Crippen LogP contribution is -2.33. The summed E-state index contributed by atoms with van der Waals surface area (Å²) in [5, 5.41) is 2.99. The molecule has 0 spiro atoms. The number of allylic oxidation sites excluding steroid dienone is 2. The van der Waals surface area contributed by atoms with Crippen molar-refractivity contribution < 1.29 is 23.5 Å². The van der Waals surface area contributed by atoms with Gasteiger partial charge >= 0.3 is 11.9 Å². The van der Waals surface area contributed by atoms with Crippen molar-refractivity contribution in [3.05, 3.63) is 58.2 Å². The zero-order valence-electron chi connectivity index (χ0n) is 15.4. The van der Waals surface area contributed by atoms with Crippen LogP contribution in [0, 0.1) is 5.82 Å². The number of benzene rings is 1. The Labute approximate surface area is 157 Å². The Morgan fingerprint density at radius 3 is 1.93 bits per heavy atom. The van der Waals surface area contributed by atoms with Crippen molar-refractivity contribution in [3.63, 3.8) is 0 Å². The second-order valence-corrected chi connectivity index (χ2v) is 6.01. The van der Waals surface area contributed by atoms with Gasteiger partial charge in [-0.15, -0.1) is 0 Å². The minimum absolute atomic E-state index is 0.00918. The first-order chi connectivity index (χ1) is 12.9. The molecule has 0 radical (unpaired) electrons. The third-order valence-corrected chi connectivity index (χ3v) is 4.12. The zero-order valence-corrected chi connectivity index (χ0v) is 15.4. The van der Waals surface area contributed by atoms with Crippen molar-refractivity contribution in [2.45, 2.75) is 19.8 Å². The molecule has 8 heteroatoms. The molecule has 0 aliphatic carbocycles. The molecule has 27 heavy (non-hydrogen) atoms. The predicted molar refractivity (Wildman–Crippen MR) is 97.7 cm³/mol. The van der Waals surface area contributed by atoms with E-state index in [-0.39, 0.29) is 43.0 Å². The van der Waals surface area contributed by atoms with E-state index in [1.807, 2.05) is 0 Å². The van der Waals surface area contributed by atoms with Crippen LogP contribution in [-0.2, 0) is 19.1 Å². The number of carbonyl (C=O) groups excluding carboxylic acids is 2. The highest BCUT2D eigenvalue weighted by molar-refractivity contribution is 5.99. The molecular formula is C19H24FN3O4. The highest BCUT2D eigenvalue weighted by Crippen LogP contribution is 2.40. The number of carbonyl (C=O) groups is 2. The summed E-state index contributed by atoms with van der Waals surface area (Å²) in [7, 11) is 0. The number of hydrogen-bond acceptors (Lipinski definition) is 7. The molecule has 1 aliphatic heterocycles. The lowest BCUT2D eigenvalue weighted by molar-refractivity contribution is -0.139. The summed E-state index contributed by atoms with van der Waals surface area (Å²) < 4.78 is 24.9. The molecule has 0 unspecified atom stereocenters. The smallest absolute Gasteiger partial charge is 0.336 e. The van der Waals surface area contributed by atoms with Gasteiger partial charge in [0.2, 0.25) is 0 Å². The summed E-state index contributed by atoms with van der Waals surface area (Å²) >= 11 is 0. The van der Waals surface area contributed by atoms with Gasteiger partial charge in [0.1, 0.15) is 19.0 Å². The van der Waals surface area contributed by atoms with E-state index in [1.165, 1.54) is 18.2 Å². The second kappa shape index (κ2) is 9.29. The molecule has 146 valence electrons. The van der Waals surface area contributed by atoms with E-state index in [0.717, 1.165) is 0 Å². The first-order valence-corrected chi connectivity index (χ1v) is 8.59. The maximum atomic E-state index is 14.6. The molecule has 2 rings (SSSR count). The summed E-state index contributed by atoms with van der Waals surface area (Å²) in [6, 6.07) is 5.97. The highest BCUT2D eigenvalue weighted by atomic mass is 19.1. The maximum absolute atomic E-state index is 14.6. The summed E-state index contributed by atoms with van der Waals surface area (Å²) in [6.45, 7) is 3.65. The molecular weight excluding hydrogens is 353 g/mol. The normalized spacial score (nSPS) is 14.9. The summed E-state index contributed by atoms with van der Waals surface area (Å²) in [4.78, 5) is 25.3. The summed E-state index contributed by atoms with van der Waals surface area (Å²) in [6.07, 6.45) is 0. The lowest BCUT2D eigenvalue weighted by atomic mass is 9.80. The molecule has 0 saturated carbocycles. The zero-order chi connectivity index (χ0) is 20.0. The van der Waals surface area contributed by atoms with Crippen molar-refractivity contribution in [2.24, 2.45) is 11.5 Å². The van der Waals surface area contributed by atoms with Gasteiger partial charge in [-0.25, -0.2) is 14.0 Å². The van der Waals surface area contributed by atoms with E-state index in [0.29, 0.717) is 11.4 Å². The van der Waals surface area contributed by atoms with Gasteiger partial charge in [-0.3, -0.25) is 0 Å². The standard InChI is InChI=1S/C19H24FN3O4/c1-11-15(18(24)26-9-7-21)17(13-5-3-4-6-14(13)20)16(12(2)23-11)19(25)27-10-8-22/h3-6,17,23H,7-10,21-22H2,1-2H3. The van der Waals surface area contributed by atoms with Crippen LogP contribution in [0.15, 0.2) is 46.8 Å². The van der Waals surface area contributed by atoms with Crippen molar-refractivity contribution in [3.8, 4) is 0 Å². The van der Waals surface area contributed by atoms with Crippen LogP contribution in [0.3, 0.4) is 0 Å². The first-order valence-electron chi connectivity index (χ1n) is 8.59. The lowest BCUT2D eigenvalue weighted by Gasteiger charge is -2.30. The Hall–Kier alpha value is -2.71. The largest absolute Gasteiger partial charge is 0.461 e. The van der Waals surface area contributed by atoms with E-state index in [2.05, 4.69) is 5.32 Å². The van der Waals surface area contributed by atoms with Gasteiger partial charge < -0.3 is 26.3 Å². The number of esters is 2. The fourth-order valence-electron chi connectivity index (χ4n) is 3.01. The number of ether oxygens (including phenoxy) is 2. The van der Waals surface area contributed by atoms with Crippen LogP contribution in [0.1, 0.15) is 25.3 Å². The fourth-order valence-corrected chi connectivity index (χ4v) is 3.01. The molecule has 1 heterocycles.